The highest BCUT2D eigenvalue weighted by Crippen LogP contribution is 2.26. The first-order valence-corrected chi connectivity index (χ1v) is 11.3. The minimum Gasteiger partial charge on any atom is -0.344 e. The van der Waals surface area contributed by atoms with E-state index in [0.717, 1.165) is 54.0 Å². The lowest BCUT2D eigenvalue weighted by atomic mass is 9.90. The van der Waals surface area contributed by atoms with E-state index in [1.807, 2.05) is 24.3 Å². The Bertz CT molecular complexity index is 1030. The number of amides is 2. The molecule has 1 saturated carbocycles. The number of nitrogens with one attached hydrogen (secondary N) is 3. The van der Waals surface area contributed by atoms with Gasteiger partial charge in [0.1, 0.15) is 6.04 Å². The van der Waals surface area contributed by atoms with Crippen molar-refractivity contribution in [1.29, 1.82) is 0 Å². The first-order chi connectivity index (χ1) is 15.0. The Kier molecular flexibility index (Phi) is 6.49. The van der Waals surface area contributed by atoms with E-state index in [1.165, 1.54) is 12.8 Å². The Labute approximate surface area is 182 Å². The third-order valence-electron chi connectivity index (χ3n) is 6.13. The van der Waals surface area contributed by atoms with Gasteiger partial charge in [-0.25, -0.2) is 5.10 Å². The molecule has 0 spiro atoms. The minimum absolute atomic E-state index is 0.0759. The average molecular weight is 423 g/mol. The van der Waals surface area contributed by atoms with Gasteiger partial charge in [0.05, 0.1) is 5.69 Å². The Balaban J connectivity index is 0.000000520. The van der Waals surface area contributed by atoms with Crippen LogP contribution in [0.4, 0.5) is 5.69 Å². The summed E-state index contributed by atoms with van der Waals surface area (Å²) in [6, 6.07) is 7.14. The molecular formula is C24H30N4O3. The molecule has 1 saturated heterocycles. The van der Waals surface area contributed by atoms with Gasteiger partial charge in [-0.2, -0.15) is 5.10 Å². The number of benzene rings is 1. The molecule has 164 valence electrons. The van der Waals surface area contributed by atoms with Crippen molar-refractivity contribution in [2.24, 2.45) is 5.92 Å². The maximum atomic E-state index is 12.3. The summed E-state index contributed by atoms with van der Waals surface area (Å²) in [5, 5.41) is 12.4. The van der Waals surface area contributed by atoms with E-state index < -0.39 is 6.04 Å². The lowest BCUT2D eigenvalue weighted by Crippen LogP contribution is -2.37. The Morgan fingerprint density at radius 1 is 1.10 bits per heavy atom. The summed E-state index contributed by atoms with van der Waals surface area (Å²) >= 11 is 0. The van der Waals surface area contributed by atoms with Gasteiger partial charge in [-0.15, -0.1) is 0 Å². The summed E-state index contributed by atoms with van der Waals surface area (Å²) in [6.45, 7) is 2.28. The molecule has 2 aliphatic carbocycles. The Hall–Kier alpha value is -2.96. The minimum atomic E-state index is -0.464. The van der Waals surface area contributed by atoms with Gasteiger partial charge in [-0.05, 0) is 61.3 Å². The second kappa shape index (κ2) is 9.45. The van der Waals surface area contributed by atoms with Crippen LogP contribution in [0.25, 0.3) is 0 Å². The number of rotatable bonds is 4. The molecule has 0 radical (unpaired) electrons. The summed E-state index contributed by atoms with van der Waals surface area (Å²) in [6.07, 6.45) is 8.30. The fourth-order valence-electron chi connectivity index (χ4n) is 4.03. The molecule has 7 heteroatoms. The van der Waals surface area contributed by atoms with Gasteiger partial charge in [-0.3, -0.25) is 14.4 Å². The molecule has 2 fully saturated rings. The van der Waals surface area contributed by atoms with Crippen molar-refractivity contribution < 1.29 is 9.59 Å². The Morgan fingerprint density at radius 3 is 2.52 bits per heavy atom. The maximum Gasteiger partial charge on any atom is 0.267 e. The first-order valence-electron chi connectivity index (χ1n) is 11.3. The summed E-state index contributed by atoms with van der Waals surface area (Å²) in [5.74, 6) is 0.801. The predicted molar refractivity (Wildman–Crippen MR) is 119 cm³/mol. The van der Waals surface area contributed by atoms with Gasteiger partial charge in [0.2, 0.25) is 11.8 Å². The number of hydrogen-bond donors (Lipinski definition) is 3. The number of nitrogens with zero attached hydrogens (tertiary/aromatic N) is 1. The third kappa shape index (κ3) is 5.60. The van der Waals surface area contributed by atoms with Crippen molar-refractivity contribution in [3.8, 4) is 0 Å². The highest BCUT2D eigenvalue weighted by molar-refractivity contribution is 5.99. The van der Waals surface area contributed by atoms with E-state index in [0.29, 0.717) is 24.9 Å². The standard InChI is InChI=1S/C20H22N4O3.C4H8/c25-18-9-8-16(22-18)20(27)21-13-5-3-4-12(10-13)11-17-14-6-1-2-7-15(14)19(26)24-23-17;1-4-2-3-4/h3-5,10,16H,1-2,6-9,11H2,(H,21,27)(H,22,25)(H,24,26);4H,2-3H2,1H3/t16-;/m1./s1. The highest BCUT2D eigenvalue weighted by atomic mass is 16.2. The summed E-state index contributed by atoms with van der Waals surface area (Å²) < 4.78 is 0. The van der Waals surface area contributed by atoms with Crippen LogP contribution < -0.4 is 16.2 Å². The second-order valence-electron chi connectivity index (χ2n) is 8.87. The number of H-pyrrole nitrogens is 1. The largest absolute Gasteiger partial charge is 0.344 e. The number of hydrogen-bond acceptors (Lipinski definition) is 4. The van der Waals surface area contributed by atoms with E-state index in [2.05, 4.69) is 27.8 Å². The number of carbonyl (C=O) groups is 2. The maximum absolute atomic E-state index is 12.3. The molecule has 3 N–H and O–H groups in total. The quantitative estimate of drug-likeness (QED) is 0.705. The number of fused-ring (bicyclic) bond motifs is 1. The molecular weight excluding hydrogens is 392 g/mol. The highest BCUT2D eigenvalue weighted by Gasteiger charge is 2.27. The zero-order valence-electron chi connectivity index (χ0n) is 18.0. The molecule has 0 unspecified atom stereocenters. The second-order valence-corrected chi connectivity index (χ2v) is 8.87. The van der Waals surface area contributed by atoms with Crippen LogP contribution in [0.1, 0.15) is 67.8 Å². The zero-order chi connectivity index (χ0) is 21.8. The number of anilines is 1. The van der Waals surface area contributed by atoms with E-state index in [1.54, 1.807) is 0 Å². The molecule has 1 aromatic heterocycles. The molecule has 5 rings (SSSR count). The van der Waals surface area contributed by atoms with Crippen LogP contribution in [0.5, 0.6) is 0 Å². The Morgan fingerprint density at radius 2 is 1.84 bits per heavy atom. The SMILES string of the molecule is CC1CC1.O=C1CC[C@H](C(=O)Nc2cccc(Cc3n[nH]c(=O)c4c3CCCC4)c2)N1. The number of aromatic nitrogens is 2. The summed E-state index contributed by atoms with van der Waals surface area (Å²) in [5.41, 5.74) is 4.47. The molecule has 3 aliphatic rings. The molecule has 1 aliphatic heterocycles. The molecule has 1 aromatic carbocycles. The molecule has 2 heterocycles. The zero-order valence-corrected chi connectivity index (χ0v) is 18.0. The number of carbonyl (C=O) groups excluding carboxylic acids is 2. The average Bonchev–Trinajstić information content (AvgIpc) is 3.43. The fraction of sp³-hybridized carbons (Fsp3) is 0.500. The number of aromatic amines is 1. The van der Waals surface area contributed by atoms with Crippen LogP contribution in [-0.4, -0.2) is 28.1 Å². The van der Waals surface area contributed by atoms with Crippen LogP contribution in [0, 0.1) is 5.92 Å². The van der Waals surface area contributed by atoms with E-state index in [-0.39, 0.29) is 17.4 Å². The smallest absolute Gasteiger partial charge is 0.267 e. The van der Waals surface area contributed by atoms with E-state index in [9.17, 15) is 14.4 Å². The lowest BCUT2D eigenvalue weighted by Gasteiger charge is -2.17. The van der Waals surface area contributed by atoms with Crippen molar-refractivity contribution in [2.75, 3.05) is 5.32 Å². The van der Waals surface area contributed by atoms with Gasteiger partial charge in [0, 0.05) is 24.1 Å². The predicted octanol–water partition coefficient (Wildman–Crippen LogP) is 2.87. The third-order valence-corrected chi connectivity index (χ3v) is 6.13. The normalized spacial score (nSPS) is 19.6. The van der Waals surface area contributed by atoms with E-state index in [4.69, 9.17) is 0 Å². The molecule has 1 atom stereocenters. The topological polar surface area (TPSA) is 104 Å². The van der Waals surface area contributed by atoms with Crippen LogP contribution in [0.15, 0.2) is 29.1 Å². The van der Waals surface area contributed by atoms with Crippen molar-refractivity contribution in [3.63, 3.8) is 0 Å². The van der Waals surface area contributed by atoms with Crippen molar-refractivity contribution >= 4 is 17.5 Å². The summed E-state index contributed by atoms with van der Waals surface area (Å²) in [4.78, 5) is 35.6. The van der Waals surface area contributed by atoms with Crippen LogP contribution in [0.2, 0.25) is 0 Å². The van der Waals surface area contributed by atoms with Crippen molar-refractivity contribution in [1.82, 2.24) is 15.5 Å². The molecule has 7 nitrogen and oxygen atoms in total. The van der Waals surface area contributed by atoms with Crippen molar-refractivity contribution in [2.45, 2.75) is 70.8 Å². The van der Waals surface area contributed by atoms with Gasteiger partial charge in [0.25, 0.3) is 5.56 Å². The lowest BCUT2D eigenvalue weighted by molar-refractivity contribution is -0.122. The van der Waals surface area contributed by atoms with Crippen LogP contribution >= 0.6 is 0 Å². The van der Waals surface area contributed by atoms with Gasteiger partial charge in [-0.1, -0.05) is 31.9 Å². The van der Waals surface area contributed by atoms with Gasteiger partial charge in [0.15, 0.2) is 0 Å². The molecule has 0 bridgehead atoms. The van der Waals surface area contributed by atoms with Gasteiger partial charge >= 0.3 is 0 Å². The van der Waals surface area contributed by atoms with Crippen molar-refractivity contribution in [3.05, 3.63) is 57.0 Å². The van der Waals surface area contributed by atoms with Gasteiger partial charge < -0.3 is 10.6 Å². The molecule has 2 aromatic rings. The first kappa shape index (κ1) is 21.3. The monoisotopic (exact) mass is 422 g/mol. The van der Waals surface area contributed by atoms with Crippen LogP contribution in [0.3, 0.4) is 0 Å². The fourth-order valence-corrected chi connectivity index (χ4v) is 4.03. The molecule has 31 heavy (non-hydrogen) atoms. The van der Waals surface area contributed by atoms with E-state index >= 15 is 0 Å². The van der Waals surface area contributed by atoms with Crippen LogP contribution in [-0.2, 0) is 28.9 Å². The molecule has 2 amide bonds. The summed E-state index contributed by atoms with van der Waals surface area (Å²) in [7, 11) is 0.